The number of rotatable bonds is 6. The van der Waals surface area contributed by atoms with E-state index in [2.05, 4.69) is 38.6 Å². The predicted octanol–water partition coefficient (Wildman–Crippen LogP) is 2.18. The first-order valence-corrected chi connectivity index (χ1v) is 11.1. The summed E-state index contributed by atoms with van der Waals surface area (Å²) in [6.45, 7) is 3.20. The molecule has 1 aromatic carbocycles. The van der Waals surface area contributed by atoms with E-state index in [4.69, 9.17) is 5.73 Å². The number of likely N-dealkylation sites (N-methyl/N-ethyl adjacent to an activating group) is 1. The van der Waals surface area contributed by atoms with E-state index in [-0.39, 0.29) is 31.2 Å². The fourth-order valence-corrected chi connectivity index (χ4v) is 4.30. The molecule has 0 radical (unpaired) electrons. The smallest absolute Gasteiger partial charge is 0.253 e. The van der Waals surface area contributed by atoms with Crippen molar-refractivity contribution < 1.29 is 9.59 Å². The molecule has 2 aliphatic rings. The zero-order valence-corrected chi connectivity index (χ0v) is 18.6. The average Bonchev–Trinajstić information content (AvgIpc) is 3.28. The second-order valence-electron chi connectivity index (χ2n) is 8.56. The van der Waals surface area contributed by atoms with Crippen molar-refractivity contribution in [2.75, 3.05) is 43.9 Å². The minimum Gasteiger partial charge on any atom is -0.369 e. The van der Waals surface area contributed by atoms with Crippen LogP contribution in [0.5, 0.6) is 0 Å². The molecule has 2 aromatic rings. The molecular weight excluding hydrogens is 432 g/mol. The second-order valence-corrected chi connectivity index (χ2v) is 8.56. The molecule has 2 fully saturated rings. The zero-order valence-electron chi connectivity index (χ0n) is 18.6. The summed E-state index contributed by atoms with van der Waals surface area (Å²) in [5, 5.41) is 15.8. The highest BCUT2D eigenvalue weighted by Gasteiger charge is 2.32. The summed E-state index contributed by atoms with van der Waals surface area (Å²) >= 11 is 0. The van der Waals surface area contributed by atoms with Gasteiger partial charge >= 0.3 is 0 Å². The van der Waals surface area contributed by atoms with Crippen LogP contribution in [0.4, 0.5) is 17.5 Å². The van der Waals surface area contributed by atoms with Crippen molar-refractivity contribution >= 4 is 29.3 Å². The summed E-state index contributed by atoms with van der Waals surface area (Å²) in [5.41, 5.74) is 7.16. The molecule has 10 heteroatoms. The first-order chi connectivity index (χ1) is 15.9. The number of nitrogens with two attached hydrogens (primary N) is 1. The Balaban J connectivity index is 0.00000324. The number of primary amides is 1. The summed E-state index contributed by atoms with van der Waals surface area (Å²) in [5.74, 6) is 0.0741. The molecule has 2 amide bonds. The van der Waals surface area contributed by atoms with Gasteiger partial charge in [0.25, 0.3) is 5.91 Å². The molecule has 10 nitrogen and oxygen atoms in total. The quantitative estimate of drug-likeness (QED) is 0.591. The Hall–Kier alpha value is -3.71. The van der Waals surface area contributed by atoms with Crippen LogP contribution in [0.15, 0.2) is 30.5 Å². The standard InChI is InChI=1S/C23H28N8O2.CH4/c1-30-9-11-31(12-10-30)22(33)15-5-7-17(8-6-15)27-23-26-14-16(13-24)21(29-23)28-19-4-2-3-18(19)20(25)32;/h5-8,14,18-19H,2-4,9-12H2,1H3,(H2,25,32)(H2,26,27,28,29);1H4/t18-,19+;/m0./s1. The van der Waals surface area contributed by atoms with Gasteiger partial charge in [0.05, 0.1) is 12.1 Å². The molecule has 2 heterocycles. The molecule has 1 aromatic heterocycles. The van der Waals surface area contributed by atoms with Crippen LogP contribution >= 0.6 is 0 Å². The van der Waals surface area contributed by atoms with Crippen LogP contribution in [0, 0.1) is 17.2 Å². The van der Waals surface area contributed by atoms with E-state index in [1.807, 2.05) is 4.90 Å². The summed E-state index contributed by atoms with van der Waals surface area (Å²) in [4.78, 5) is 37.2. The van der Waals surface area contributed by atoms with Crippen LogP contribution in [0.1, 0.15) is 42.6 Å². The van der Waals surface area contributed by atoms with Crippen molar-refractivity contribution in [3.05, 3.63) is 41.6 Å². The third-order valence-corrected chi connectivity index (χ3v) is 6.29. The Morgan fingerprint density at radius 3 is 2.50 bits per heavy atom. The van der Waals surface area contributed by atoms with E-state index in [9.17, 15) is 14.9 Å². The lowest BCUT2D eigenvalue weighted by molar-refractivity contribution is -0.121. The number of aromatic nitrogens is 2. The summed E-state index contributed by atoms with van der Waals surface area (Å²) in [6.07, 6.45) is 3.85. The number of benzene rings is 1. The van der Waals surface area contributed by atoms with Crippen LogP contribution in [-0.2, 0) is 4.79 Å². The Labute approximate surface area is 200 Å². The molecule has 1 saturated carbocycles. The third-order valence-electron chi connectivity index (χ3n) is 6.29. The maximum Gasteiger partial charge on any atom is 0.253 e. The van der Waals surface area contributed by atoms with Crippen molar-refractivity contribution in [1.29, 1.82) is 5.26 Å². The van der Waals surface area contributed by atoms with Gasteiger partial charge in [-0.2, -0.15) is 10.2 Å². The largest absolute Gasteiger partial charge is 0.369 e. The van der Waals surface area contributed by atoms with Gasteiger partial charge in [0.15, 0.2) is 0 Å². The Bertz CT molecular complexity index is 1060. The Morgan fingerprint density at radius 1 is 1.15 bits per heavy atom. The lowest BCUT2D eigenvalue weighted by atomic mass is 10.0. The van der Waals surface area contributed by atoms with Crippen LogP contribution in [0.2, 0.25) is 0 Å². The number of nitrogens with zero attached hydrogens (tertiary/aromatic N) is 5. The van der Waals surface area contributed by atoms with E-state index < -0.39 is 0 Å². The molecule has 180 valence electrons. The number of hydrogen-bond donors (Lipinski definition) is 3. The molecule has 1 aliphatic heterocycles. The van der Waals surface area contributed by atoms with Crippen molar-refractivity contribution in [3.8, 4) is 6.07 Å². The highest BCUT2D eigenvalue weighted by atomic mass is 16.2. The summed E-state index contributed by atoms with van der Waals surface area (Å²) in [6, 6.07) is 9.09. The number of hydrogen-bond acceptors (Lipinski definition) is 8. The molecule has 4 rings (SSSR count). The topological polar surface area (TPSA) is 140 Å². The number of carbonyl (C=O) groups excluding carboxylic acids is 2. The second kappa shape index (κ2) is 10.9. The predicted molar refractivity (Wildman–Crippen MR) is 131 cm³/mol. The first-order valence-electron chi connectivity index (χ1n) is 11.1. The van der Waals surface area contributed by atoms with Crippen molar-refractivity contribution in [2.24, 2.45) is 11.7 Å². The van der Waals surface area contributed by atoms with Gasteiger partial charge in [-0.15, -0.1) is 0 Å². The van der Waals surface area contributed by atoms with Gasteiger partial charge in [0.1, 0.15) is 17.5 Å². The third kappa shape index (κ3) is 5.61. The number of nitrogens with one attached hydrogen (secondary N) is 2. The van der Waals surface area contributed by atoms with Crippen LogP contribution in [0.3, 0.4) is 0 Å². The van der Waals surface area contributed by atoms with Gasteiger partial charge in [-0.25, -0.2) is 4.98 Å². The van der Waals surface area contributed by atoms with Crippen molar-refractivity contribution in [1.82, 2.24) is 19.8 Å². The highest BCUT2D eigenvalue weighted by Crippen LogP contribution is 2.29. The molecule has 34 heavy (non-hydrogen) atoms. The number of piperazine rings is 1. The molecule has 0 unspecified atom stereocenters. The Morgan fingerprint density at radius 2 is 1.85 bits per heavy atom. The SMILES string of the molecule is C.CN1CCN(C(=O)c2ccc(Nc3ncc(C#N)c(N[C@@H]4CCC[C@@H]4C(N)=O)n3)cc2)CC1. The van der Waals surface area contributed by atoms with Crippen molar-refractivity contribution in [2.45, 2.75) is 32.7 Å². The maximum absolute atomic E-state index is 12.7. The van der Waals surface area contributed by atoms with Gasteiger partial charge < -0.3 is 26.2 Å². The summed E-state index contributed by atoms with van der Waals surface area (Å²) < 4.78 is 0. The molecule has 2 atom stereocenters. The Kier molecular flexibility index (Phi) is 8.02. The van der Waals surface area contributed by atoms with Gasteiger partial charge in [-0.3, -0.25) is 9.59 Å². The highest BCUT2D eigenvalue weighted by molar-refractivity contribution is 5.94. The van der Waals surface area contributed by atoms with Gasteiger partial charge in [0, 0.05) is 43.5 Å². The minimum atomic E-state index is -0.345. The van der Waals surface area contributed by atoms with Crippen LogP contribution in [-0.4, -0.2) is 70.9 Å². The van der Waals surface area contributed by atoms with Gasteiger partial charge in [0.2, 0.25) is 11.9 Å². The fourth-order valence-electron chi connectivity index (χ4n) is 4.30. The fraction of sp³-hybridized carbons (Fsp3) is 0.458. The lowest BCUT2D eigenvalue weighted by Gasteiger charge is -2.32. The monoisotopic (exact) mass is 464 g/mol. The van der Waals surface area contributed by atoms with Gasteiger partial charge in [-0.1, -0.05) is 13.8 Å². The van der Waals surface area contributed by atoms with Crippen LogP contribution in [0.25, 0.3) is 0 Å². The van der Waals surface area contributed by atoms with E-state index in [0.29, 0.717) is 22.9 Å². The molecule has 0 spiro atoms. The number of amides is 2. The van der Waals surface area contributed by atoms with Crippen molar-refractivity contribution in [3.63, 3.8) is 0 Å². The molecule has 0 bridgehead atoms. The minimum absolute atomic E-state index is 0. The van der Waals surface area contributed by atoms with E-state index >= 15 is 0 Å². The molecule has 4 N–H and O–H groups in total. The molecular formula is C24H32N8O2. The number of anilines is 3. The van der Waals surface area contributed by atoms with E-state index in [1.54, 1.807) is 24.3 Å². The normalized spacial score (nSPS) is 20.2. The lowest BCUT2D eigenvalue weighted by Crippen LogP contribution is -2.47. The maximum atomic E-state index is 12.7. The first kappa shape index (κ1) is 24.9. The summed E-state index contributed by atoms with van der Waals surface area (Å²) in [7, 11) is 2.05. The zero-order chi connectivity index (χ0) is 23.4. The molecule has 1 saturated heterocycles. The average molecular weight is 465 g/mol. The van der Waals surface area contributed by atoms with Crippen LogP contribution < -0.4 is 16.4 Å². The van der Waals surface area contributed by atoms with E-state index in [0.717, 1.165) is 51.1 Å². The number of carbonyl (C=O) groups is 2. The number of nitriles is 1. The molecule has 1 aliphatic carbocycles. The van der Waals surface area contributed by atoms with Gasteiger partial charge in [-0.05, 0) is 44.2 Å². The van der Waals surface area contributed by atoms with E-state index in [1.165, 1.54) is 6.20 Å².